The molecule has 1 heterocycles. The molecule has 0 aliphatic heterocycles. The maximum absolute atomic E-state index is 12.4. The Morgan fingerprint density at radius 1 is 1.53 bits per heavy atom. The molecule has 19 heavy (non-hydrogen) atoms. The third-order valence-electron chi connectivity index (χ3n) is 3.99. The van der Waals surface area contributed by atoms with Gasteiger partial charge in [-0.3, -0.25) is 4.79 Å². The summed E-state index contributed by atoms with van der Waals surface area (Å²) in [4.78, 5) is 14.0. The molecule has 104 valence electrons. The van der Waals surface area contributed by atoms with E-state index < -0.39 is 5.41 Å². The average molecular weight is 296 g/mol. The van der Waals surface area contributed by atoms with Crippen LogP contribution in [0.5, 0.6) is 0 Å². The normalized spacial score (nSPS) is 17.3. The second-order valence-electron chi connectivity index (χ2n) is 5.06. The van der Waals surface area contributed by atoms with E-state index in [2.05, 4.69) is 23.7 Å². The molecular weight excluding hydrogens is 276 g/mol. The summed E-state index contributed by atoms with van der Waals surface area (Å²) in [6.07, 6.45) is 4.64. The van der Waals surface area contributed by atoms with E-state index in [1.807, 2.05) is 0 Å². The number of rotatable bonds is 5. The highest BCUT2D eigenvalue weighted by Gasteiger charge is 2.43. The minimum absolute atomic E-state index is 0.00736. The van der Waals surface area contributed by atoms with E-state index in [1.54, 1.807) is 11.3 Å². The van der Waals surface area contributed by atoms with E-state index in [4.69, 9.17) is 18.0 Å². The lowest BCUT2D eigenvalue weighted by Gasteiger charge is -2.26. The van der Waals surface area contributed by atoms with Crippen LogP contribution in [-0.4, -0.2) is 10.9 Å². The largest absolute Gasteiger partial charge is 0.392 e. The summed E-state index contributed by atoms with van der Waals surface area (Å²) in [6, 6.07) is 2.12. The summed E-state index contributed by atoms with van der Waals surface area (Å²) in [6.45, 7) is 2.71. The van der Waals surface area contributed by atoms with Crippen molar-refractivity contribution in [3.63, 3.8) is 0 Å². The van der Waals surface area contributed by atoms with Gasteiger partial charge in [-0.1, -0.05) is 32.0 Å². The molecular formula is C14H20N2OS2. The zero-order valence-electron chi connectivity index (χ0n) is 11.2. The highest BCUT2D eigenvalue weighted by molar-refractivity contribution is 7.80. The van der Waals surface area contributed by atoms with Gasteiger partial charge in [0, 0.05) is 4.88 Å². The van der Waals surface area contributed by atoms with Crippen molar-refractivity contribution in [3.05, 3.63) is 21.9 Å². The molecule has 3 nitrogen and oxygen atoms in total. The molecule has 0 saturated heterocycles. The fourth-order valence-electron chi connectivity index (χ4n) is 2.73. The molecule has 5 heteroatoms. The van der Waals surface area contributed by atoms with Crippen molar-refractivity contribution in [2.24, 2.45) is 11.1 Å². The molecule has 0 atom stereocenters. The van der Waals surface area contributed by atoms with Crippen LogP contribution in [0.25, 0.3) is 0 Å². The molecule has 0 unspecified atom stereocenters. The highest BCUT2D eigenvalue weighted by atomic mass is 32.1. The first-order valence-electron chi connectivity index (χ1n) is 6.73. The van der Waals surface area contributed by atoms with E-state index in [0.29, 0.717) is 11.5 Å². The van der Waals surface area contributed by atoms with E-state index >= 15 is 0 Å². The molecule has 3 N–H and O–H groups in total. The quantitative estimate of drug-likeness (QED) is 0.822. The summed E-state index contributed by atoms with van der Waals surface area (Å²) in [5.41, 5.74) is 6.52. The van der Waals surface area contributed by atoms with Crippen LogP contribution < -0.4 is 11.1 Å². The predicted molar refractivity (Wildman–Crippen MR) is 83.2 cm³/mol. The number of carbonyl (C=O) groups is 1. The van der Waals surface area contributed by atoms with Gasteiger partial charge in [0.2, 0.25) is 5.91 Å². The molecule has 1 amide bonds. The van der Waals surface area contributed by atoms with Crippen molar-refractivity contribution >= 4 is 34.5 Å². The van der Waals surface area contributed by atoms with E-state index in [-0.39, 0.29) is 5.91 Å². The van der Waals surface area contributed by atoms with Crippen molar-refractivity contribution in [1.29, 1.82) is 0 Å². The van der Waals surface area contributed by atoms with Gasteiger partial charge in [0.1, 0.15) is 0 Å². The summed E-state index contributed by atoms with van der Waals surface area (Å²) < 4.78 is 0. The minimum atomic E-state index is -0.598. The Balaban J connectivity index is 2.03. The van der Waals surface area contributed by atoms with Crippen LogP contribution in [0.3, 0.4) is 0 Å². The number of thiophene rings is 1. The first-order chi connectivity index (χ1) is 9.10. The summed E-state index contributed by atoms with van der Waals surface area (Å²) in [7, 11) is 0. The highest BCUT2D eigenvalue weighted by Crippen LogP contribution is 2.38. The van der Waals surface area contributed by atoms with Gasteiger partial charge in [0.05, 0.1) is 16.9 Å². The van der Waals surface area contributed by atoms with Crippen molar-refractivity contribution in [2.75, 3.05) is 0 Å². The molecule has 0 bridgehead atoms. The third-order valence-corrected chi connectivity index (χ3v) is 5.35. The Labute approximate surface area is 123 Å². The van der Waals surface area contributed by atoms with Crippen LogP contribution in [0.4, 0.5) is 0 Å². The zero-order valence-corrected chi connectivity index (χ0v) is 12.8. The standard InChI is InChI=1S/C14H20N2OS2/c1-2-10-5-8-19-11(10)9-16-13(17)14(12(15)18)6-3-4-7-14/h5,8H,2-4,6-7,9H2,1H3,(H2,15,18)(H,16,17). The maximum atomic E-state index is 12.4. The van der Waals surface area contributed by atoms with E-state index in [0.717, 1.165) is 32.1 Å². The van der Waals surface area contributed by atoms with Crippen LogP contribution in [0.2, 0.25) is 0 Å². The lowest BCUT2D eigenvalue weighted by Crippen LogP contribution is -2.46. The number of amides is 1. The Bertz CT molecular complexity index is 476. The second-order valence-corrected chi connectivity index (χ2v) is 6.50. The van der Waals surface area contributed by atoms with Gasteiger partial charge >= 0.3 is 0 Å². The fourth-order valence-corrected chi connectivity index (χ4v) is 3.94. The van der Waals surface area contributed by atoms with Crippen LogP contribution in [0, 0.1) is 5.41 Å². The molecule has 1 aromatic rings. The van der Waals surface area contributed by atoms with Gasteiger partial charge < -0.3 is 11.1 Å². The summed E-state index contributed by atoms with van der Waals surface area (Å²) >= 11 is 6.81. The van der Waals surface area contributed by atoms with Crippen molar-refractivity contribution in [1.82, 2.24) is 5.32 Å². The van der Waals surface area contributed by atoms with Crippen molar-refractivity contribution < 1.29 is 4.79 Å². The smallest absolute Gasteiger partial charge is 0.233 e. The first-order valence-corrected chi connectivity index (χ1v) is 8.02. The van der Waals surface area contributed by atoms with Gasteiger partial charge in [-0.05, 0) is 36.3 Å². The number of aryl methyl sites for hydroxylation is 1. The Hall–Kier alpha value is -0.940. The van der Waals surface area contributed by atoms with Crippen molar-refractivity contribution in [2.45, 2.75) is 45.6 Å². The van der Waals surface area contributed by atoms with E-state index in [9.17, 15) is 4.79 Å². The number of nitrogens with two attached hydrogens (primary N) is 1. The third kappa shape index (κ3) is 2.82. The molecule has 1 aromatic heterocycles. The molecule has 2 rings (SSSR count). The predicted octanol–water partition coefficient (Wildman–Crippen LogP) is 2.77. The second kappa shape index (κ2) is 6.01. The molecule has 0 aromatic carbocycles. The number of thiocarbonyl (C=S) groups is 1. The number of hydrogen-bond acceptors (Lipinski definition) is 3. The maximum Gasteiger partial charge on any atom is 0.233 e. The SMILES string of the molecule is CCc1ccsc1CNC(=O)C1(C(N)=S)CCCC1. The van der Waals surface area contributed by atoms with Crippen LogP contribution in [0.15, 0.2) is 11.4 Å². The van der Waals surface area contributed by atoms with Gasteiger partial charge in [0.25, 0.3) is 0 Å². The van der Waals surface area contributed by atoms with Crippen LogP contribution in [-0.2, 0) is 17.8 Å². The lowest BCUT2D eigenvalue weighted by atomic mass is 9.85. The lowest BCUT2D eigenvalue weighted by molar-refractivity contribution is -0.127. The Kier molecular flexibility index (Phi) is 4.58. The van der Waals surface area contributed by atoms with Crippen molar-refractivity contribution in [3.8, 4) is 0 Å². The van der Waals surface area contributed by atoms with Crippen LogP contribution >= 0.6 is 23.6 Å². The molecule has 1 aliphatic carbocycles. The molecule has 0 radical (unpaired) electrons. The van der Waals surface area contributed by atoms with Gasteiger partial charge in [-0.15, -0.1) is 11.3 Å². The van der Waals surface area contributed by atoms with E-state index in [1.165, 1.54) is 10.4 Å². The minimum Gasteiger partial charge on any atom is -0.392 e. The fraction of sp³-hybridized carbons (Fsp3) is 0.571. The molecule has 1 fully saturated rings. The zero-order chi connectivity index (χ0) is 13.9. The molecule has 0 spiro atoms. The number of hydrogen-bond donors (Lipinski definition) is 2. The van der Waals surface area contributed by atoms with Gasteiger partial charge in [-0.2, -0.15) is 0 Å². The Morgan fingerprint density at radius 2 is 2.21 bits per heavy atom. The summed E-state index contributed by atoms with van der Waals surface area (Å²) in [5, 5.41) is 5.10. The molecule has 1 saturated carbocycles. The van der Waals surface area contributed by atoms with Gasteiger partial charge in [-0.25, -0.2) is 0 Å². The topological polar surface area (TPSA) is 55.1 Å². The number of carbonyl (C=O) groups excluding carboxylic acids is 1. The van der Waals surface area contributed by atoms with Gasteiger partial charge in [0.15, 0.2) is 0 Å². The summed E-state index contributed by atoms with van der Waals surface area (Å²) in [5.74, 6) is 0.00736. The monoisotopic (exact) mass is 296 g/mol. The van der Waals surface area contributed by atoms with Crippen LogP contribution in [0.1, 0.15) is 43.0 Å². The average Bonchev–Trinajstić information content (AvgIpc) is 3.05. The Morgan fingerprint density at radius 3 is 2.79 bits per heavy atom. The number of nitrogens with one attached hydrogen (secondary N) is 1. The first kappa shape index (κ1) is 14.5. The molecule has 1 aliphatic rings.